The Morgan fingerprint density at radius 2 is 1.79 bits per heavy atom. The van der Waals surface area contributed by atoms with Crippen molar-refractivity contribution in [3.05, 3.63) is 34.4 Å². The van der Waals surface area contributed by atoms with Crippen LogP contribution in [0.2, 0.25) is 0 Å². The zero-order valence-corrected chi connectivity index (χ0v) is 19.7. The summed E-state index contributed by atoms with van der Waals surface area (Å²) in [4.78, 5) is 39.0. The van der Waals surface area contributed by atoms with Crippen LogP contribution in [0.15, 0.2) is 29.2 Å². The molecule has 2 aliphatic heterocycles. The zero-order valence-electron chi connectivity index (χ0n) is 18.9. The molecule has 11 nitrogen and oxygen atoms in total. The molecule has 2 N–H and O–H groups in total. The minimum Gasteiger partial charge on any atom is -0.444 e. The van der Waals surface area contributed by atoms with Crippen LogP contribution < -0.4 is 0 Å². The van der Waals surface area contributed by atoms with Gasteiger partial charge in [-0.1, -0.05) is 0 Å². The van der Waals surface area contributed by atoms with Crippen LogP contribution in [0.25, 0.3) is 0 Å². The summed E-state index contributed by atoms with van der Waals surface area (Å²) in [5.74, 6) is -0.303. The van der Waals surface area contributed by atoms with E-state index in [1.807, 2.05) is 0 Å². The van der Waals surface area contributed by atoms with Gasteiger partial charge in [-0.15, -0.1) is 0 Å². The number of piperidine rings is 1. The van der Waals surface area contributed by atoms with Crippen molar-refractivity contribution in [2.45, 2.75) is 67.9 Å². The smallest absolute Gasteiger partial charge is 0.411 e. The van der Waals surface area contributed by atoms with Gasteiger partial charge < -0.3 is 14.7 Å². The maximum atomic E-state index is 13.2. The lowest BCUT2D eigenvalue weighted by atomic mass is 10.1. The number of nitrogens with zero attached hydrogens (tertiary/aromatic N) is 3. The highest BCUT2D eigenvalue weighted by atomic mass is 32.2. The topological polar surface area (TPSA) is 154 Å². The summed E-state index contributed by atoms with van der Waals surface area (Å²) in [6, 6.07) is 4.34. The minimum atomic E-state index is -3.21. The molecule has 182 valence electrons. The number of benzene rings is 1. The van der Waals surface area contributed by atoms with Gasteiger partial charge in [0.05, 0.1) is 32.6 Å². The van der Waals surface area contributed by atoms with Crippen LogP contribution in [0.3, 0.4) is 0 Å². The van der Waals surface area contributed by atoms with Crippen molar-refractivity contribution in [3.63, 3.8) is 0 Å². The average molecular weight is 483 g/mol. The van der Waals surface area contributed by atoms with E-state index in [0.717, 1.165) is 0 Å². The van der Waals surface area contributed by atoms with Gasteiger partial charge in [0.1, 0.15) is 11.6 Å². The average Bonchev–Trinajstić information content (AvgIpc) is 3.14. The Morgan fingerprint density at radius 1 is 1.21 bits per heavy atom. The first-order chi connectivity index (χ1) is 15.3. The van der Waals surface area contributed by atoms with Crippen LogP contribution in [-0.2, 0) is 19.3 Å². The van der Waals surface area contributed by atoms with E-state index in [9.17, 15) is 29.0 Å². The first-order valence-electron chi connectivity index (χ1n) is 10.8. The normalized spacial score (nSPS) is 23.8. The van der Waals surface area contributed by atoms with Crippen LogP contribution in [0.5, 0.6) is 0 Å². The van der Waals surface area contributed by atoms with E-state index in [1.165, 1.54) is 29.2 Å². The van der Waals surface area contributed by atoms with Gasteiger partial charge in [-0.25, -0.2) is 13.8 Å². The Kier molecular flexibility index (Phi) is 6.99. The fraction of sp³-hybridized carbons (Fsp3) is 0.619. The number of nitro benzene ring substituents is 1. The molecule has 0 spiro atoms. The first kappa shape index (κ1) is 24.9. The summed E-state index contributed by atoms with van der Waals surface area (Å²) in [5, 5.41) is 20.4. The first-order valence-corrected chi connectivity index (χ1v) is 12.4. The fourth-order valence-electron chi connectivity index (χ4n) is 4.15. The molecule has 33 heavy (non-hydrogen) atoms. The van der Waals surface area contributed by atoms with Gasteiger partial charge >= 0.3 is 6.09 Å². The molecule has 3 atom stereocenters. The van der Waals surface area contributed by atoms with Gasteiger partial charge in [0.25, 0.3) is 5.69 Å². The largest absolute Gasteiger partial charge is 0.444 e. The molecule has 2 heterocycles. The minimum absolute atomic E-state index is 0.0163. The molecule has 0 radical (unpaired) electrons. The molecule has 12 heteroatoms. The van der Waals surface area contributed by atoms with Crippen molar-refractivity contribution >= 4 is 27.4 Å². The van der Waals surface area contributed by atoms with Crippen LogP contribution >= 0.6 is 0 Å². The van der Waals surface area contributed by atoms with Crippen molar-refractivity contribution in [1.82, 2.24) is 9.80 Å². The number of non-ortho nitro benzene ring substituents is 1. The second-order valence-electron chi connectivity index (χ2n) is 9.41. The van der Waals surface area contributed by atoms with Crippen molar-refractivity contribution < 1.29 is 28.6 Å². The molecule has 1 aromatic carbocycles. The van der Waals surface area contributed by atoms with E-state index in [2.05, 4.69) is 0 Å². The SMILES string of the molecule is CC(C)(C)OC(=O)N1C[C@H](O)C[C@H]1C(=O)N1CCC(S(=N)(=O)c2ccc([N+](=O)[O-])cc2)CC1. The van der Waals surface area contributed by atoms with Gasteiger partial charge in [0.2, 0.25) is 5.91 Å². The molecular weight excluding hydrogens is 452 g/mol. The molecule has 0 saturated carbocycles. The predicted molar refractivity (Wildman–Crippen MR) is 119 cm³/mol. The van der Waals surface area contributed by atoms with Gasteiger partial charge in [0, 0.05) is 36.5 Å². The molecule has 0 aliphatic carbocycles. The molecule has 1 aromatic rings. The van der Waals surface area contributed by atoms with E-state index in [-0.39, 0.29) is 42.5 Å². The molecule has 0 bridgehead atoms. The number of rotatable bonds is 4. The lowest BCUT2D eigenvalue weighted by Gasteiger charge is -2.36. The number of hydrogen-bond acceptors (Lipinski definition) is 8. The van der Waals surface area contributed by atoms with E-state index in [1.54, 1.807) is 25.7 Å². The summed E-state index contributed by atoms with van der Waals surface area (Å²) in [7, 11) is -3.21. The summed E-state index contributed by atoms with van der Waals surface area (Å²) < 4.78 is 27.0. The third kappa shape index (κ3) is 5.61. The van der Waals surface area contributed by atoms with E-state index in [0.29, 0.717) is 12.8 Å². The highest BCUT2D eigenvalue weighted by molar-refractivity contribution is 7.93. The van der Waals surface area contributed by atoms with Crippen molar-refractivity contribution in [2.75, 3.05) is 19.6 Å². The van der Waals surface area contributed by atoms with Crippen LogP contribution in [0, 0.1) is 14.9 Å². The summed E-state index contributed by atoms with van der Waals surface area (Å²) in [6.07, 6.45) is -0.701. The lowest BCUT2D eigenvalue weighted by molar-refractivity contribution is -0.384. The molecular formula is C21H30N4O7S. The molecule has 2 fully saturated rings. The second-order valence-corrected chi connectivity index (χ2v) is 11.8. The number of β-amino-alcohol motifs (C(OH)–C–C–N with tert-alkyl or cyclic N) is 1. The molecule has 2 amide bonds. The fourth-order valence-corrected chi connectivity index (χ4v) is 5.95. The number of aliphatic hydroxyl groups is 1. The Balaban J connectivity index is 1.65. The van der Waals surface area contributed by atoms with Crippen LogP contribution in [0.4, 0.5) is 10.5 Å². The number of carbonyl (C=O) groups is 2. The van der Waals surface area contributed by atoms with Crippen LogP contribution in [-0.4, -0.2) is 78.7 Å². The number of ether oxygens (including phenoxy) is 1. The highest BCUT2D eigenvalue weighted by Crippen LogP contribution is 2.29. The van der Waals surface area contributed by atoms with Gasteiger partial charge in [-0.2, -0.15) is 0 Å². The highest BCUT2D eigenvalue weighted by Gasteiger charge is 2.43. The number of likely N-dealkylation sites (tertiary alicyclic amines) is 2. The number of aliphatic hydroxyl groups excluding tert-OH is 1. The standard InChI is InChI=1S/C21H30N4O7S/c1-21(2,3)32-20(28)24-13-15(26)12-18(24)19(27)23-10-8-17(9-11-23)33(22,31)16-6-4-14(5-7-16)25(29)30/h4-7,15,17-18,22,26H,8-13H2,1-3H3/t15-,18+,33?/m1/s1. The van der Waals surface area contributed by atoms with Crippen molar-refractivity contribution in [3.8, 4) is 0 Å². The van der Waals surface area contributed by atoms with Crippen molar-refractivity contribution in [1.29, 1.82) is 4.78 Å². The maximum Gasteiger partial charge on any atom is 0.411 e. The molecule has 2 aliphatic rings. The lowest BCUT2D eigenvalue weighted by Crippen LogP contribution is -2.51. The number of nitro groups is 1. The number of amides is 2. The maximum absolute atomic E-state index is 13.2. The van der Waals surface area contributed by atoms with Crippen molar-refractivity contribution in [2.24, 2.45) is 0 Å². The third-order valence-electron chi connectivity index (χ3n) is 5.81. The number of nitrogens with one attached hydrogen (secondary N) is 1. The summed E-state index contributed by atoms with van der Waals surface area (Å²) in [6.45, 7) is 5.72. The third-order valence-corrected chi connectivity index (χ3v) is 8.20. The Bertz CT molecular complexity index is 1010. The Hall–Kier alpha value is -2.73. The monoisotopic (exact) mass is 482 g/mol. The molecule has 1 unspecified atom stereocenters. The number of hydrogen-bond donors (Lipinski definition) is 2. The van der Waals surface area contributed by atoms with E-state index < -0.39 is 43.7 Å². The van der Waals surface area contributed by atoms with Gasteiger partial charge in [0.15, 0.2) is 0 Å². The predicted octanol–water partition coefficient (Wildman–Crippen LogP) is 2.36. The quantitative estimate of drug-likeness (QED) is 0.493. The summed E-state index contributed by atoms with van der Waals surface area (Å²) >= 11 is 0. The van der Waals surface area contributed by atoms with Crippen LogP contribution in [0.1, 0.15) is 40.0 Å². The molecule has 3 rings (SSSR count). The Morgan fingerprint density at radius 3 is 2.30 bits per heavy atom. The zero-order chi connectivity index (χ0) is 24.6. The number of carbonyl (C=O) groups excluding carboxylic acids is 2. The second kappa shape index (κ2) is 9.26. The van der Waals surface area contributed by atoms with Gasteiger partial charge in [-0.3, -0.25) is 19.8 Å². The molecule has 2 saturated heterocycles. The molecule has 0 aromatic heterocycles. The summed E-state index contributed by atoms with van der Waals surface area (Å²) in [5.41, 5.74) is -0.870. The van der Waals surface area contributed by atoms with Gasteiger partial charge in [-0.05, 0) is 45.7 Å². The Labute approximate surface area is 192 Å². The van der Waals surface area contributed by atoms with E-state index in [4.69, 9.17) is 9.52 Å². The van der Waals surface area contributed by atoms with E-state index >= 15 is 0 Å².